The summed E-state index contributed by atoms with van der Waals surface area (Å²) in [7, 11) is 1.68. The molecule has 1 aromatic carbocycles. The number of nitrogens with two attached hydrogens (primary N) is 1. The van der Waals surface area contributed by atoms with Crippen LogP contribution in [0.5, 0.6) is 5.75 Å². The molecule has 1 heterocycles. The van der Waals surface area contributed by atoms with Crippen LogP contribution in [0.2, 0.25) is 0 Å². The number of nitrogen functional groups attached to an aromatic ring is 1. The van der Waals surface area contributed by atoms with Crippen LogP contribution >= 0.6 is 11.3 Å². The lowest BCUT2D eigenvalue weighted by molar-refractivity contribution is 0.358. The van der Waals surface area contributed by atoms with Crippen LogP contribution in [-0.4, -0.2) is 12.1 Å². The fourth-order valence-corrected chi connectivity index (χ4v) is 4.10. The lowest BCUT2D eigenvalue weighted by Crippen LogP contribution is -2.08. The Morgan fingerprint density at radius 2 is 1.90 bits per heavy atom. The van der Waals surface area contributed by atoms with Crippen molar-refractivity contribution in [2.45, 2.75) is 38.5 Å². The molecule has 4 heteroatoms. The molecule has 1 fully saturated rings. The third-order valence-corrected chi connectivity index (χ3v) is 5.18. The average molecular weight is 302 g/mol. The van der Waals surface area contributed by atoms with Gasteiger partial charge in [-0.15, -0.1) is 11.3 Å². The van der Waals surface area contributed by atoms with Gasteiger partial charge in [-0.2, -0.15) is 0 Å². The minimum atomic E-state index is 0.673. The van der Waals surface area contributed by atoms with E-state index in [1.165, 1.54) is 37.0 Å². The highest BCUT2D eigenvalue weighted by atomic mass is 32.1. The number of anilines is 1. The fourth-order valence-electron chi connectivity index (χ4n) is 3.14. The van der Waals surface area contributed by atoms with Crippen LogP contribution in [0.1, 0.15) is 37.0 Å². The van der Waals surface area contributed by atoms with Gasteiger partial charge in [0.05, 0.1) is 12.8 Å². The molecule has 21 heavy (non-hydrogen) atoms. The smallest absolute Gasteiger partial charge is 0.180 e. The van der Waals surface area contributed by atoms with Gasteiger partial charge in [0.25, 0.3) is 0 Å². The third kappa shape index (κ3) is 3.38. The summed E-state index contributed by atoms with van der Waals surface area (Å²) in [5, 5.41) is 0.673. The fraction of sp³-hybridized carbons (Fsp3) is 0.471. The van der Waals surface area contributed by atoms with Gasteiger partial charge in [0.2, 0.25) is 0 Å². The summed E-state index contributed by atoms with van der Waals surface area (Å²) in [6.07, 6.45) is 7.95. The molecular formula is C17H22N2OS. The van der Waals surface area contributed by atoms with E-state index in [0.29, 0.717) is 5.13 Å². The average Bonchev–Trinajstić information content (AvgIpc) is 2.89. The number of hydrogen-bond donors (Lipinski definition) is 1. The van der Waals surface area contributed by atoms with Crippen LogP contribution in [0, 0.1) is 5.92 Å². The molecule has 1 aromatic heterocycles. The SMILES string of the molecule is COc1ccc(-c2nc(N)sc2CC2CCCCC2)cc1. The first-order valence-corrected chi connectivity index (χ1v) is 8.47. The molecule has 0 saturated heterocycles. The zero-order valence-electron chi connectivity index (χ0n) is 12.5. The lowest BCUT2D eigenvalue weighted by Gasteiger charge is -2.21. The molecule has 2 aromatic rings. The molecule has 3 rings (SSSR count). The zero-order chi connectivity index (χ0) is 14.7. The molecule has 0 atom stereocenters. The summed E-state index contributed by atoms with van der Waals surface area (Å²) in [6, 6.07) is 8.10. The van der Waals surface area contributed by atoms with Gasteiger partial charge in [-0.1, -0.05) is 32.1 Å². The molecule has 1 saturated carbocycles. The van der Waals surface area contributed by atoms with Crippen molar-refractivity contribution in [1.82, 2.24) is 4.98 Å². The molecule has 1 aliphatic rings. The second kappa shape index (κ2) is 6.48. The number of methoxy groups -OCH3 is 1. The lowest BCUT2D eigenvalue weighted by atomic mass is 9.86. The molecule has 0 radical (unpaired) electrons. The van der Waals surface area contributed by atoms with Crippen LogP contribution in [-0.2, 0) is 6.42 Å². The van der Waals surface area contributed by atoms with Crippen molar-refractivity contribution < 1.29 is 4.74 Å². The van der Waals surface area contributed by atoms with Crippen molar-refractivity contribution in [2.24, 2.45) is 5.92 Å². The van der Waals surface area contributed by atoms with Crippen LogP contribution in [0.4, 0.5) is 5.13 Å². The van der Waals surface area contributed by atoms with Crippen LogP contribution in [0.15, 0.2) is 24.3 Å². The largest absolute Gasteiger partial charge is 0.497 e. The predicted molar refractivity (Wildman–Crippen MR) is 88.8 cm³/mol. The zero-order valence-corrected chi connectivity index (χ0v) is 13.3. The van der Waals surface area contributed by atoms with Crippen molar-refractivity contribution in [3.05, 3.63) is 29.1 Å². The highest BCUT2D eigenvalue weighted by molar-refractivity contribution is 7.15. The monoisotopic (exact) mass is 302 g/mol. The van der Waals surface area contributed by atoms with E-state index in [1.54, 1.807) is 18.4 Å². The van der Waals surface area contributed by atoms with Crippen LogP contribution in [0.25, 0.3) is 11.3 Å². The molecule has 0 unspecified atom stereocenters. The first-order valence-electron chi connectivity index (χ1n) is 7.66. The topological polar surface area (TPSA) is 48.1 Å². The highest BCUT2D eigenvalue weighted by Gasteiger charge is 2.19. The predicted octanol–water partition coefficient (Wildman–Crippen LogP) is 4.52. The van der Waals surface area contributed by atoms with E-state index >= 15 is 0 Å². The van der Waals surface area contributed by atoms with E-state index < -0.39 is 0 Å². The standard InChI is InChI=1S/C17H22N2OS/c1-20-14-9-7-13(8-10-14)16-15(21-17(18)19-16)11-12-5-3-2-4-6-12/h7-10,12H,2-6,11H2,1H3,(H2,18,19). The number of benzene rings is 1. The summed E-state index contributed by atoms with van der Waals surface area (Å²) in [4.78, 5) is 5.89. The minimum Gasteiger partial charge on any atom is -0.497 e. The number of ether oxygens (including phenoxy) is 1. The molecule has 0 bridgehead atoms. The second-order valence-electron chi connectivity index (χ2n) is 5.76. The molecule has 1 aliphatic carbocycles. The number of hydrogen-bond acceptors (Lipinski definition) is 4. The van der Waals surface area contributed by atoms with E-state index in [2.05, 4.69) is 17.1 Å². The number of aromatic nitrogens is 1. The summed E-state index contributed by atoms with van der Waals surface area (Å²) >= 11 is 1.65. The molecule has 3 nitrogen and oxygen atoms in total. The molecule has 0 spiro atoms. The number of nitrogens with zero attached hydrogens (tertiary/aromatic N) is 1. The minimum absolute atomic E-state index is 0.673. The highest BCUT2D eigenvalue weighted by Crippen LogP contribution is 2.35. The number of thiazole rings is 1. The summed E-state index contributed by atoms with van der Waals surface area (Å²) in [5.41, 5.74) is 8.16. The Labute approximate surface area is 130 Å². The second-order valence-corrected chi connectivity index (χ2v) is 6.88. The summed E-state index contributed by atoms with van der Waals surface area (Å²) in [5.74, 6) is 1.67. The normalized spacial score (nSPS) is 16.0. The van der Waals surface area contributed by atoms with Gasteiger partial charge in [0.1, 0.15) is 5.75 Å². The quantitative estimate of drug-likeness (QED) is 0.903. The Balaban J connectivity index is 1.83. The van der Waals surface area contributed by atoms with Gasteiger partial charge < -0.3 is 10.5 Å². The van der Waals surface area contributed by atoms with Gasteiger partial charge in [0.15, 0.2) is 5.13 Å². The first-order chi connectivity index (χ1) is 10.3. The first kappa shape index (κ1) is 14.4. The van der Waals surface area contributed by atoms with Gasteiger partial charge in [-0.25, -0.2) is 4.98 Å². The summed E-state index contributed by atoms with van der Waals surface area (Å²) in [6.45, 7) is 0. The van der Waals surface area contributed by atoms with Gasteiger partial charge >= 0.3 is 0 Å². The van der Waals surface area contributed by atoms with Gasteiger partial charge in [-0.3, -0.25) is 0 Å². The molecule has 0 amide bonds. The van der Waals surface area contributed by atoms with Crippen molar-refractivity contribution in [2.75, 3.05) is 12.8 Å². The van der Waals surface area contributed by atoms with Crippen molar-refractivity contribution in [3.8, 4) is 17.0 Å². The van der Waals surface area contributed by atoms with E-state index in [-0.39, 0.29) is 0 Å². The van der Waals surface area contributed by atoms with E-state index in [4.69, 9.17) is 10.5 Å². The third-order valence-electron chi connectivity index (χ3n) is 4.28. The Morgan fingerprint density at radius 3 is 2.57 bits per heavy atom. The molecule has 2 N–H and O–H groups in total. The Hall–Kier alpha value is -1.55. The van der Waals surface area contributed by atoms with E-state index in [1.807, 2.05) is 12.1 Å². The van der Waals surface area contributed by atoms with Crippen molar-refractivity contribution in [1.29, 1.82) is 0 Å². The van der Waals surface area contributed by atoms with Crippen LogP contribution in [0.3, 0.4) is 0 Å². The Bertz CT molecular complexity index is 585. The van der Waals surface area contributed by atoms with Gasteiger partial charge in [-0.05, 0) is 36.6 Å². The van der Waals surface area contributed by atoms with Crippen molar-refractivity contribution in [3.63, 3.8) is 0 Å². The van der Waals surface area contributed by atoms with E-state index in [9.17, 15) is 0 Å². The van der Waals surface area contributed by atoms with Gasteiger partial charge in [0, 0.05) is 10.4 Å². The molecule has 112 valence electrons. The Kier molecular flexibility index (Phi) is 4.44. The van der Waals surface area contributed by atoms with E-state index in [0.717, 1.165) is 29.3 Å². The Morgan fingerprint density at radius 1 is 1.19 bits per heavy atom. The maximum absolute atomic E-state index is 5.96. The number of rotatable bonds is 4. The summed E-state index contributed by atoms with van der Waals surface area (Å²) < 4.78 is 5.22. The van der Waals surface area contributed by atoms with Crippen LogP contribution < -0.4 is 10.5 Å². The maximum Gasteiger partial charge on any atom is 0.180 e. The molecular weight excluding hydrogens is 280 g/mol. The maximum atomic E-state index is 5.96. The molecule has 0 aliphatic heterocycles. The van der Waals surface area contributed by atoms with Crippen molar-refractivity contribution >= 4 is 16.5 Å².